The van der Waals surface area contributed by atoms with Crippen LogP contribution in [-0.2, 0) is 30.8 Å². The van der Waals surface area contributed by atoms with Gasteiger partial charge in [0.1, 0.15) is 22.9 Å². The van der Waals surface area contributed by atoms with Crippen LogP contribution in [0.15, 0.2) is 58.4 Å². The minimum atomic E-state index is -4.07. The number of nitrogens with one attached hydrogen (secondary N) is 2. The van der Waals surface area contributed by atoms with Crippen molar-refractivity contribution in [3.8, 4) is 5.69 Å². The lowest BCUT2D eigenvalue weighted by molar-refractivity contribution is 0.0501. The fraction of sp³-hybridized carbons (Fsp3) is 0.267. The van der Waals surface area contributed by atoms with Gasteiger partial charge in [-0.3, -0.25) is 9.36 Å². The molecule has 2 aromatic heterocycles. The molecule has 1 amide bonds. The van der Waals surface area contributed by atoms with Crippen LogP contribution in [0.5, 0.6) is 0 Å². The van der Waals surface area contributed by atoms with E-state index in [1.54, 1.807) is 20.8 Å². The summed E-state index contributed by atoms with van der Waals surface area (Å²) in [5, 5.41) is 2.47. The standard InChI is InChI=1S/C30H32N6O9S/c1-5-43-29(39)24-17(2)15-20-25(18(24)3)27(37)36(21-10-6-7-11-22(21)46(41,42)32-4)23(35-20)16-45-30(40)34-13-14-44-28(38)19-9-8-12-33-26(19)31/h6-12,15,32H,5,13-14,16H2,1-4H3,(H2,31,33)(H,34,40). The summed E-state index contributed by atoms with van der Waals surface area (Å²) in [6.45, 7) is 4.12. The van der Waals surface area contributed by atoms with Gasteiger partial charge >= 0.3 is 18.0 Å². The van der Waals surface area contributed by atoms with Crippen LogP contribution in [0.25, 0.3) is 16.6 Å². The second kappa shape index (κ2) is 14.2. The highest BCUT2D eigenvalue weighted by Gasteiger charge is 2.25. The highest BCUT2D eigenvalue weighted by atomic mass is 32.2. The molecule has 0 spiro atoms. The monoisotopic (exact) mass is 652 g/mol. The third-order valence-electron chi connectivity index (χ3n) is 6.82. The quantitative estimate of drug-likeness (QED) is 0.121. The van der Waals surface area contributed by atoms with Crippen molar-refractivity contribution in [3.63, 3.8) is 0 Å². The summed E-state index contributed by atoms with van der Waals surface area (Å²) in [5.74, 6) is -1.45. The number of anilines is 1. The number of benzene rings is 2. The number of fused-ring (bicyclic) bond motifs is 1. The molecule has 46 heavy (non-hydrogen) atoms. The first kappa shape index (κ1) is 33.5. The van der Waals surface area contributed by atoms with Crippen molar-refractivity contribution in [2.75, 3.05) is 32.5 Å². The summed E-state index contributed by atoms with van der Waals surface area (Å²) in [6, 6.07) is 10.2. The topological polar surface area (TPSA) is 211 Å². The molecule has 0 aliphatic rings. The van der Waals surface area contributed by atoms with Crippen LogP contribution in [0.1, 0.15) is 44.6 Å². The number of pyridine rings is 1. The van der Waals surface area contributed by atoms with E-state index in [9.17, 15) is 27.6 Å². The Kier molecular flexibility index (Phi) is 10.3. The number of amides is 1. The highest BCUT2D eigenvalue weighted by Crippen LogP contribution is 2.26. The number of rotatable bonds is 11. The molecule has 4 aromatic rings. The Morgan fingerprint density at radius 2 is 1.76 bits per heavy atom. The molecule has 0 fully saturated rings. The Balaban J connectivity index is 1.68. The lowest BCUT2D eigenvalue weighted by Crippen LogP contribution is -2.31. The average Bonchev–Trinajstić information content (AvgIpc) is 3.02. The van der Waals surface area contributed by atoms with Gasteiger partial charge in [-0.2, -0.15) is 0 Å². The molecule has 4 N–H and O–H groups in total. The van der Waals surface area contributed by atoms with Gasteiger partial charge in [0.25, 0.3) is 5.56 Å². The number of alkyl carbamates (subject to hydrolysis) is 1. The summed E-state index contributed by atoms with van der Waals surface area (Å²) < 4.78 is 44.7. The van der Waals surface area contributed by atoms with E-state index in [1.807, 2.05) is 0 Å². The molecule has 242 valence electrons. The highest BCUT2D eigenvalue weighted by molar-refractivity contribution is 7.89. The van der Waals surface area contributed by atoms with Gasteiger partial charge in [0.2, 0.25) is 10.0 Å². The van der Waals surface area contributed by atoms with Crippen molar-refractivity contribution in [3.05, 3.63) is 87.1 Å². The van der Waals surface area contributed by atoms with E-state index in [1.165, 1.54) is 55.7 Å². The second-order valence-electron chi connectivity index (χ2n) is 9.73. The maximum atomic E-state index is 14.2. The van der Waals surface area contributed by atoms with E-state index in [-0.39, 0.29) is 64.0 Å². The zero-order valence-corrected chi connectivity index (χ0v) is 26.3. The molecule has 0 atom stereocenters. The second-order valence-corrected chi connectivity index (χ2v) is 11.6. The van der Waals surface area contributed by atoms with Crippen LogP contribution in [0.4, 0.5) is 10.6 Å². The number of nitrogens with two attached hydrogens (primary N) is 1. The number of hydrogen-bond donors (Lipinski definition) is 3. The minimum absolute atomic E-state index is 0.000366. The number of aromatic nitrogens is 3. The number of nitrogen functional groups attached to an aromatic ring is 1. The number of aryl methyl sites for hydroxylation is 2. The zero-order valence-electron chi connectivity index (χ0n) is 25.4. The molecule has 0 aliphatic carbocycles. The SMILES string of the molecule is CCOC(=O)c1c(C)cc2nc(COC(=O)NCCOC(=O)c3cccnc3N)n(-c3ccccc3S(=O)(=O)NC)c(=O)c2c1C. The van der Waals surface area contributed by atoms with Crippen molar-refractivity contribution in [2.45, 2.75) is 32.3 Å². The molecule has 0 bridgehead atoms. The molecule has 2 heterocycles. The van der Waals surface area contributed by atoms with E-state index >= 15 is 0 Å². The van der Waals surface area contributed by atoms with E-state index < -0.39 is 40.2 Å². The molecule has 16 heteroatoms. The molecule has 0 unspecified atom stereocenters. The number of nitrogens with zero attached hydrogens (tertiary/aromatic N) is 3. The Morgan fingerprint density at radius 3 is 2.46 bits per heavy atom. The van der Waals surface area contributed by atoms with Crippen LogP contribution in [0.3, 0.4) is 0 Å². The summed E-state index contributed by atoms with van der Waals surface area (Å²) in [7, 11) is -2.85. The third kappa shape index (κ3) is 6.97. The molecular formula is C30H32N6O9S. The van der Waals surface area contributed by atoms with Gasteiger partial charge in [-0.05, 0) is 69.3 Å². The van der Waals surface area contributed by atoms with Crippen LogP contribution >= 0.6 is 0 Å². The molecule has 0 aliphatic heterocycles. The molecule has 2 aromatic carbocycles. The van der Waals surface area contributed by atoms with Crippen molar-refractivity contribution < 1.29 is 37.0 Å². The van der Waals surface area contributed by atoms with Gasteiger partial charge in [-0.1, -0.05) is 12.1 Å². The molecule has 0 saturated heterocycles. The Bertz CT molecular complexity index is 1990. The van der Waals surface area contributed by atoms with E-state index in [4.69, 9.17) is 19.9 Å². The molecule has 4 rings (SSSR count). The number of sulfonamides is 1. The molecule has 0 saturated carbocycles. The summed E-state index contributed by atoms with van der Waals surface area (Å²) in [6.07, 6.45) is 0.494. The van der Waals surface area contributed by atoms with Crippen LogP contribution in [-0.4, -0.2) is 67.8 Å². The summed E-state index contributed by atoms with van der Waals surface area (Å²) >= 11 is 0. The fourth-order valence-electron chi connectivity index (χ4n) is 4.73. The molecular weight excluding hydrogens is 620 g/mol. The average molecular weight is 653 g/mol. The number of carbonyl (C=O) groups excluding carboxylic acids is 3. The summed E-state index contributed by atoms with van der Waals surface area (Å²) in [5.41, 5.74) is 6.15. The maximum Gasteiger partial charge on any atom is 0.407 e. The van der Waals surface area contributed by atoms with Crippen molar-refractivity contribution in [2.24, 2.45) is 0 Å². The maximum absolute atomic E-state index is 14.2. The largest absolute Gasteiger partial charge is 0.462 e. The van der Waals surface area contributed by atoms with Gasteiger partial charge in [-0.25, -0.2) is 37.5 Å². The van der Waals surface area contributed by atoms with E-state index in [2.05, 4.69) is 20.0 Å². The third-order valence-corrected chi connectivity index (χ3v) is 8.28. The Labute approximate surface area is 263 Å². The van der Waals surface area contributed by atoms with E-state index in [0.717, 1.165) is 4.57 Å². The first-order chi connectivity index (χ1) is 21.9. The van der Waals surface area contributed by atoms with Gasteiger partial charge in [0.05, 0.1) is 35.3 Å². The smallest absolute Gasteiger partial charge is 0.407 e. The van der Waals surface area contributed by atoms with Crippen molar-refractivity contribution in [1.29, 1.82) is 0 Å². The van der Waals surface area contributed by atoms with Crippen LogP contribution < -0.4 is 21.3 Å². The van der Waals surface area contributed by atoms with Gasteiger partial charge in [0, 0.05) is 6.20 Å². The number of esters is 2. The molecule has 0 radical (unpaired) electrons. The first-order valence-corrected chi connectivity index (χ1v) is 15.4. The first-order valence-electron chi connectivity index (χ1n) is 13.9. The lowest BCUT2D eigenvalue weighted by Gasteiger charge is -2.19. The predicted molar refractivity (Wildman–Crippen MR) is 166 cm³/mol. The number of ether oxygens (including phenoxy) is 3. The fourth-order valence-corrected chi connectivity index (χ4v) is 5.64. The van der Waals surface area contributed by atoms with E-state index in [0.29, 0.717) is 11.1 Å². The van der Waals surface area contributed by atoms with Gasteiger partial charge in [0.15, 0.2) is 12.4 Å². The van der Waals surface area contributed by atoms with Crippen molar-refractivity contribution >= 4 is 44.8 Å². The normalized spacial score (nSPS) is 11.2. The minimum Gasteiger partial charge on any atom is -0.462 e. The number of carbonyl (C=O) groups is 3. The zero-order chi connectivity index (χ0) is 33.6. The molecule has 15 nitrogen and oxygen atoms in total. The van der Waals surface area contributed by atoms with Crippen molar-refractivity contribution in [1.82, 2.24) is 24.6 Å². The summed E-state index contributed by atoms with van der Waals surface area (Å²) in [4.78, 5) is 59.8. The lowest BCUT2D eigenvalue weighted by atomic mass is 9.98. The van der Waals surface area contributed by atoms with Crippen LogP contribution in [0.2, 0.25) is 0 Å². The van der Waals surface area contributed by atoms with Crippen LogP contribution in [0, 0.1) is 13.8 Å². The Hall–Kier alpha value is -5.35. The van der Waals surface area contributed by atoms with Gasteiger partial charge < -0.3 is 25.3 Å². The number of para-hydroxylation sites is 1. The van der Waals surface area contributed by atoms with Gasteiger partial charge in [-0.15, -0.1) is 0 Å². The number of hydrogen-bond acceptors (Lipinski definition) is 12. The predicted octanol–water partition coefficient (Wildman–Crippen LogP) is 2.15. The Morgan fingerprint density at radius 1 is 1.02 bits per heavy atom.